The number of carbonyl (C=O) groups is 2. The van der Waals surface area contributed by atoms with E-state index in [2.05, 4.69) is 0 Å². The maximum Gasteiger partial charge on any atom is 0.185 e. The van der Waals surface area contributed by atoms with Crippen molar-refractivity contribution in [3.63, 3.8) is 0 Å². The van der Waals surface area contributed by atoms with E-state index in [1.54, 1.807) is 37.5 Å². The van der Waals surface area contributed by atoms with E-state index >= 15 is 0 Å². The Hall–Kier alpha value is -3.28. The molecule has 0 aliphatic heterocycles. The van der Waals surface area contributed by atoms with Crippen molar-refractivity contribution in [2.24, 2.45) is 0 Å². The molecule has 2 aromatic rings. The molecule has 0 N–H and O–H groups in total. The molecule has 0 atom stereocenters. The Bertz CT molecular complexity index is 792. The van der Waals surface area contributed by atoms with Crippen molar-refractivity contribution in [3.8, 4) is 17.2 Å². The van der Waals surface area contributed by atoms with Crippen LogP contribution < -0.4 is 19.3 Å². The van der Waals surface area contributed by atoms with Gasteiger partial charge in [0.2, 0.25) is 0 Å². The number of carboxylic acid groups (broad SMARTS) is 1. The van der Waals surface area contributed by atoms with Crippen molar-refractivity contribution >= 4 is 17.8 Å². The van der Waals surface area contributed by atoms with Gasteiger partial charge < -0.3 is 24.1 Å². The van der Waals surface area contributed by atoms with Crippen LogP contribution in [0.25, 0.3) is 6.08 Å². The second kappa shape index (κ2) is 9.27. The molecule has 0 saturated heterocycles. The molecule has 0 aliphatic rings. The number of rotatable bonds is 9. The summed E-state index contributed by atoms with van der Waals surface area (Å²) in [4.78, 5) is 22.6. The average molecular weight is 355 g/mol. The largest absolute Gasteiger partial charge is 0.546 e. The van der Waals surface area contributed by atoms with Crippen LogP contribution in [0, 0.1) is 0 Å². The fourth-order valence-corrected chi connectivity index (χ4v) is 2.19. The fraction of sp³-hybridized carbons (Fsp3) is 0.200. The van der Waals surface area contributed by atoms with Crippen LogP contribution in [-0.2, 0) is 4.79 Å². The Labute approximate surface area is 151 Å². The van der Waals surface area contributed by atoms with Crippen LogP contribution in [0.3, 0.4) is 0 Å². The number of carbonyl (C=O) groups excluding carboxylic acids is 2. The minimum absolute atomic E-state index is 0.190. The first kappa shape index (κ1) is 19.1. The van der Waals surface area contributed by atoms with Gasteiger partial charge in [-0.25, -0.2) is 0 Å². The Morgan fingerprint density at radius 1 is 1.04 bits per heavy atom. The van der Waals surface area contributed by atoms with Gasteiger partial charge in [-0.15, -0.1) is 0 Å². The average Bonchev–Trinajstić information content (AvgIpc) is 2.65. The lowest BCUT2D eigenvalue weighted by Crippen LogP contribution is -2.28. The van der Waals surface area contributed by atoms with E-state index < -0.39 is 12.6 Å². The molecule has 0 unspecified atom stereocenters. The predicted molar refractivity (Wildman–Crippen MR) is 94.5 cm³/mol. The lowest BCUT2D eigenvalue weighted by molar-refractivity contribution is -0.307. The van der Waals surface area contributed by atoms with Gasteiger partial charge in [0.25, 0.3) is 0 Å². The quantitative estimate of drug-likeness (QED) is 0.506. The third-order valence-electron chi connectivity index (χ3n) is 3.41. The highest BCUT2D eigenvalue weighted by molar-refractivity contribution is 6.06. The first-order valence-electron chi connectivity index (χ1n) is 7.99. The molecule has 0 saturated carbocycles. The molecule has 0 radical (unpaired) electrons. The highest BCUT2D eigenvalue weighted by Crippen LogP contribution is 2.28. The maximum atomic E-state index is 12.2. The van der Waals surface area contributed by atoms with E-state index in [9.17, 15) is 14.7 Å². The van der Waals surface area contributed by atoms with Gasteiger partial charge >= 0.3 is 0 Å². The molecule has 0 fully saturated rings. The topological polar surface area (TPSA) is 84.9 Å². The number of ketones is 1. The summed E-state index contributed by atoms with van der Waals surface area (Å²) in [6, 6.07) is 11.6. The van der Waals surface area contributed by atoms with Crippen LogP contribution >= 0.6 is 0 Å². The lowest BCUT2D eigenvalue weighted by Gasteiger charge is -2.09. The molecule has 0 aromatic heterocycles. The van der Waals surface area contributed by atoms with Crippen molar-refractivity contribution in [1.29, 1.82) is 0 Å². The molecule has 2 aromatic carbocycles. The zero-order valence-corrected chi connectivity index (χ0v) is 14.6. The molecule has 0 spiro atoms. The zero-order chi connectivity index (χ0) is 18.9. The normalized spacial score (nSPS) is 10.5. The van der Waals surface area contributed by atoms with E-state index in [4.69, 9.17) is 14.2 Å². The van der Waals surface area contributed by atoms with Gasteiger partial charge in [-0.3, -0.25) is 4.79 Å². The van der Waals surface area contributed by atoms with Crippen LogP contribution in [-0.4, -0.2) is 32.1 Å². The summed E-state index contributed by atoms with van der Waals surface area (Å²) >= 11 is 0. The number of hydrogen-bond acceptors (Lipinski definition) is 6. The highest BCUT2D eigenvalue weighted by atomic mass is 16.5. The van der Waals surface area contributed by atoms with Gasteiger partial charge in [0.1, 0.15) is 12.4 Å². The molecule has 0 amide bonds. The zero-order valence-electron chi connectivity index (χ0n) is 14.6. The van der Waals surface area contributed by atoms with Gasteiger partial charge in [0, 0.05) is 5.56 Å². The van der Waals surface area contributed by atoms with Gasteiger partial charge in [0.05, 0.1) is 19.7 Å². The SMILES string of the molecule is CCOc1ccc(/C=C/C(=O)c2ccc(OCC(=O)[O-])cc2)cc1OC. The van der Waals surface area contributed by atoms with E-state index in [0.717, 1.165) is 5.56 Å². The van der Waals surface area contributed by atoms with E-state index in [0.29, 0.717) is 29.4 Å². The fourth-order valence-electron chi connectivity index (χ4n) is 2.19. The minimum Gasteiger partial charge on any atom is -0.546 e. The smallest absolute Gasteiger partial charge is 0.185 e. The lowest BCUT2D eigenvalue weighted by atomic mass is 10.1. The Balaban J connectivity index is 2.05. The van der Waals surface area contributed by atoms with E-state index in [1.165, 1.54) is 18.2 Å². The van der Waals surface area contributed by atoms with Gasteiger partial charge in [0.15, 0.2) is 17.3 Å². The predicted octanol–water partition coefficient (Wildman–Crippen LogP) is 2.12. The molecule has 2 rings (SSSR count). The van der Waals surface area contributed by atoms with Gasteiger partial charge in [-0.05, 0) is 55.0 Å². The number of methoxy groups -OCH3 is 1. The summed E-state index contributed by atoms with van der Waals surface area (Å²) in [6.07, 6.45) is 3.13. The molecular weight excluding hydrogens is 336 g/mol. The van der Waals surface area contributed by atoms with Crippen molar-refractivity contribution in [1.82, 2.24) is 0 Å². The number of allylic oxidation sites excluding steroid dienone is 1. The molecule has 0 aliphatic carbocycles. The molecular formula is C20H19O6-. The maximum absolute atomic E-state index is 12.2. The van der Waals surface area contributed by atoms with Crippen LogP contribution in [0.15, 0.2) is 48.5 Å². The Kier molecular flexibility index (Phi) is 6.79. The Morgan fingerprint density at radius 3 is 2.38 bits per heavy atom. The summed E-state index contributed by atoms with van der Waals surface area (Å²) in [7, 11) is 1.56. The van der Waals surface area contributed by atoms with E-state index in [-0.39, 0.29) is 5.78 Å². The van der Waals surface area contributed by atoms with Crippen molar-refractivity contribution in [3.05, 3.63) is 59.7 Å². The third-order valence-corrected chi connectivity index (χ3v) is 3.41. The van der Waals surface area contributed by atoms with Crippen LogP contribution in [0.1, 0.15) is 22.8 Å². The monoisotopic (exact) mass is 355 g/mol. The molecule has 6 nitrogen and oxygen atoms in total. The van der Waals surface area contributed by atoms with Crippen LogP contribution in [0.2, 0.25) is 0 Å². The Morgan fingerprint density at radius 2 is 1.77 bits per heavy atom. The van der Waals surface area contributed by atoms with Crippen molar-refractivity contribution < 1.29 is 28.9 Å². The first-order valence-corrected chi connectivity index (χ1v) is 7.99. The highest BCUT2D eigenvalue weighted by Gasteiger charge is 2.05. The van der Waals surface area contributed by atoms with Gasteiger partial charge in [-0.2, -0.15) is 0 Å². The van der Waals surface area contributed by atoms with Crippen LogP contribution in [0.4, 0.5) is 0 Å². The van der Waals surface area contributed by atoms with E-state index in [1.807, 2.05) is 13.0 Å². The van der Waals surface area contributed by atoms with Crippen molar-refractivity contribution in [2.75, 3.05) is 20.3 Å². The summed E-state index contributed by atoms with van der Waals surface area (Å²) in [5.74, 6) is 0.0932. The second-order valence-electron chi connectivity index (χ2n) is 5.23. The number of carboxylic acids is 1. The number of hydrogen-bond donors (Lipinski definition) is 0. The molecule has 26 heavy (non-hydrogen) atoms. The summed E-state index contributed by atoms with van der Waals surface area (Å²) in [5, 5.41) is 10.4. The third kappa shape index (κ3) is 5.37. The molecule has 6 heteroatoms. The number of ether oxygens (including phenoxy) is 3. The van der Waals surface area contributed by atoms with Crippen molar-refractivity contribution in [2.45, 2.75) is 6.92 Å². The summed E-state index contributed by atoms with van der Waals surface area (Å²) in [5.41, 5.74) is 1.26. The molecule has 136 valence electrons. The second-order valence-corrected chi connectivity index (χ2v) is 5.23. The number of benzene rings is 2. The summed E-state index contributed by atoms with van der Waals surface area (Å²) < 4.78 is 15.7. The first-order chi connectivity index (χ1) is 12.5. The van der Waals surface area contributed by atoms with Gasteiger partial charge in [-0.1, -0.05) is 12.1 Å². The standard InChI is InChI=1S/C20H20O6/c1-3-25-18-11-5-14(12-19(18)24-2)4-10-17(21)15-6-8-16(9-7-15)26-13-20(22)23/h4-12H,3,13H2,1-2H3,(H,22,23)/p-1/b10-4+. The summed E-state index contributed by atoms with van der Waals surface area (Å²) in [6.45, 7) is 1.89. The molecule has 0 heterocycles. The number of aliphatic carboxylic acids is 1. The minimum atomic E-state index is -1.31. The molecule has 0 bridgehead atoms. The van der Waals surface area contributed by atoms with Crippen LogP contribution in [0.5, 0.6) is 17.2 Å².